The Morgan fingerprint density at radius 1 is 1.39 bits per heavy atom. The number of nitrogens with zero attached hydrogens (tertiary/aromatic N) is 2. The molecule has 0 N–H and O–H groups in total. The summed E-state index contributed by atoms with van der Waals surface area (Å²) in [7, 11) is 1.34. The third kappa shape index (κ3) is 3.84. The van der Waals surface area contributed by atoms with Gasteiger partial charge in [0, 0.05) is 18.8 Å². The second-order valence-electron chi connectivity index (χ2n) is 4.13. The third-order valence-corrected chi connectivity index (χ3v) is 2.55. The van der Waals surface area contributed by atoms with E-state index in [4.69, 9.17) is 0 Å². The fraction of sp³-hybridized carbons (Fsp3) is 0.462. The van der Waals surface area contributed by atoms with Gasteiger partial charge in [0.2, 0.25) is 0 Å². The number of carbonyl (C=O) groups excluding carboxylic acids is 2. The summed E-state index contributed by atoms with van der Waals surface area (Å²) >= 11 is 0. The van der Waals surface area contributed by atoms with Gasteiger partial charge < -0.3 is 9.64 Å². The van der Waals surface area contributed by atoms with Gasteiger partial charge in [-0.2, -0.15) is 0 Å². The topological polar surface area (TPSA) is 59.5 Å². The third-order valence-electron chi connectivity index (χ3n) is 2.55. The summed E-state index contributed by atoms with van der Waals surface area (Å²) in [6, 6.07) is 5.18. The molecule has 0 saturated carbocycles. The fourth-order valence-electron chi connectivity index (χ4n) is 1.54. The van der Waals surface area contributed by atoms with Crippen LogP contribution < -0.4 is 0 Å². The normalized spacial score (nSPS) is 10.2. The zero-order valence-electron chi connectivity index (χ0n) is 10.9. The molecular weight excluding hydrogens is 232 g/mol. The number of amides is 1. The van der Waals surface area contributed by atoms with E-state index in [1.165, 1.54) is 7.11 Å². The first-order valence-corrected chi connectivity index (χ1v) is 5.85. The van der Waals surface area contributed by atoms with Gasteiger partial charge in [-0.15, -0.1) is 0 Å². The molecule has 98 valence electrons. The minimum atomic E-state index is -0.325. The van der Waals surface area contributed by atoms with E-state index >= 15 is 0 Å². The minimum absolute atomic E-state index is 0.00385. The van der Waals surface area contributed by atoms with Gasteiger partial charge in [-0.3, -0.25) is 14.6 Å². The van der Waals surface area contributed by atoms with Gasteiger partial charge in [-0.1, -0.05) is 6.07 Å². The zero-order chi connectivity index (χ0) is 13.5. The second kappa shape index (κ2) is 6.74. The van der Waals surface area contributed by atoms with Crippen molar-refractivity contribution in [1.82, 2.24) is 9.88 Å². The standard InChI is InChI=1S/C13H18N2O3/c1-10(2)15(9-7-12(16)18-3)13(17)11-6-4-5-8-14-11/h4-6,8,10H,7,9H2,1-3H3. The molecule has 1 amide bonds. The van der Waals surface area contributed by atoms with E-state index in [0.29, 0.717) is 12.2 Å². The van der Waals surface area contributed by atoms with E-state index in [2.05, 4.69) is 9.72 Å². The Hall–Kier alpha value is -1.91. The summed E-state index contributed by atoms with van der Waals surface area (Å²) in [4.78, 5) is 29.0. The number of hydrogen-bond donors (Lipinski definition) is 0. The van der Waals surface area contributed by atoms with E-state index in [1.54, 1.807) is 29.3 Å². The van der Waals surface area contributed by atoms with Crippen molar-refractivity contribution in [3.8, 4) is 0 Å². The van der Waals surface area contributed by atoms with Gasteiger partial charge in [-0.25, -0.2) is 0 Å². The first-order chi connectivity index (χ1) is 8.56. The minimum Gasteiger partial charge on any atom is -0.469 e. The Balaban J connectivity index is 2.73. The Morgan fingerprint density at radius 2 is 2.11 bits per heavy atom. The van der Waals surface area contributed by atoms with Crippen LogP contribution in [0.2, 0.25) is 0 Å². The summed E-state index contributed by atoms with van der Waals surface area (Å²) < 4.78 is 4.57. The van der Waals surface area contributed by atoms with Crippen molar-refractivity contribution in [2.24, 2.45) is 0 Å². The molecule has 0 saturated heterocycles. The van der Waals surface area contributed by atoms with Crippen LogP contribution in [-0.2, 0) is 9.53 Å². The van der Waals surface area contributed by atoms with Crippen LogP contribution in [0.3, 0.4) is 0 Å². The quantitative estimate of drug-likeness (QED) is 0.743. The van der Waals surface area contributed by atoms with Crippen molar-refractivity contribution in [1.29, 1.82) is 0 Å². The molecular formula is C13H18N2O3. The first-order valence-electron chi connectivity index (χ1n) is 5.85. The molecule has 0 bridgehead atoms. The van der Waals surface area contributed by atoms with Crippen molar-refractivity contribution in [3.05, 3.63) is 30.1 Å². The van der Waals surface area contributed by atoms with Gasteiger partial charge in [0.15, 0.2) is 0 Å². The number of pyridine rings is 1. The molecule has 0 fully saturated rings. The first kappa shape index (κ1) is 14.2. The average Bonchev–Trinajstić information content (AvgIpc) is 2.39. The number of carbonyl (C=O) groups is 2. The maximum Gasteiger partial charge on any atom is 0.307 e. The number of ether oxygens (including phenoxy) is 1. The molecule has 0 spiro atoms. The molecule has 1 heterocycles. The molecule has 18 heavy (non-hydrogen) atoms. The molecule has 0 radical (unpaired) electrons. The van der Waals surface area contributed by atoms with Crippen LogP contribution in [0.1, 0.15) is 30.8 Å². The maximum atomic E-state index is 12.2. The summed E-state index contributed by atoms with van der Waals surface area (Å²) in [5.41, 5.74) is 0.385. The second-order valence-corrected chi connectivity index (χ2v) is 4.13. The van der Waals surface area contributed by atoms with E-state index in [9.17, 15) is 9.59 Å². The van der Waals surface area contributed by atoms with Crippen LogP contribution in [0.4, 0.5) is 0 Å². The average molecular weight is 250 g/mol. The van der Waals surface area contributed by atoms with Crippen molar-refractivity contribution in [3.63, 3.8) is 0 Å². The molecule has 5 heteroatoms. The summed E-state index contributed by atoms with van der Waals surface area (Å²) in [5, 5.41) is 0. The monoisotopic (exact) mass is 250 g/mol. The Bertz CT molecular complexity index is 404. The molecule has 1 aromatic heterocycles. The van der Waals surface area contributed by atoms with Crippen molar-refractivity contribution < 1.29 is 14.3 Å². The number of rotatable bonds is 5. The molecule has 1 rings (SSSR count). The molecule has 0 aliphatic carbocycles. The van der Waals surface area contributed by atoms with Crippen LogP contribution >= 0.6 is 0 Å². The van der Waals surface area contributed by atoms with Gasteiger partial charge in [0.05, 0.1) is 13.5 Å². The number of methoxy groups -OCH3 is 1. The number of aromatic nitrogens is 1. The summed E-state index contributed by atoms with van der Waals surface area (Å²) in [6.07, 6.45) is 1.76. The van der Waals surface area contributed by atoms with E-state index in [-0.39, 0.29) is 24.3 Å². The lowest BCUT2D eigenvalue weighted by Gasteiger charge is -2.25. The van der Waals surface area contributed by atoms with E-state index in [1.807, 2.05) is 13.8 Å². The van der Waals surface area contributed by atoms with Crippen LogP contribution in [0.5, 0.6) is 0 Å². The van der Waals surface area contributed by atoms with Gasteiger partial charge >= 0.3 is 5.97 Å². The van der Waals surface area contributed by atoms with Crippen molar-refractivity contribution in [2.45, 2.75) is 26.3 Å². The Morgan fingerprint density at radius 3 is 2.61 bits per heavy atom. The Labute approximate surface area is 107 Å². The van der Waals surface area contributed by atoms with Crippen LogP contribution in [0, 0.1) is 0 Å². The highest BCUT2D eigenvalue weighted by atomic mass is 16.5. The zero-order valence-corrected chi connectivity index (χ0v) is 10.9. The van der Waals surface area contributed by atoms with Gasteiger partial charge in [0.1, 0.15) is 5.69 Å². The highest BCUT2D eigenvalue weighted by molar-refractivity contribution is 5.92. The molecule has 0 aliphatic heterocycles. The van der Waals surface area contributed by atoms with Crippen LogP contribution in [0.25, 0.3) is 0 Å². The number of esters is 1. The predicted molar refractivity (Wildman–Crippen MR) is 67.0 cm³/mol. The maximum absolute atomic E-state index is 12.2. The lowest BCUT2D eigenvalue weighted by atomic mass is 10.2. The van der Waals surface area contributed by atoms with Crippen molar-refractivity contribution in [2.75, 3.05) is 13.7 Å². The molecule has 0 atom stereocenters. The fourth-order valence-corrected chi connectivity index (χ4v) is 1.54. The molecule has 0 aromatic carbocycles. The van der Waals surface area contributed by atoms with Crippen LogP contribution in [0.15, 0.2) is 24.4 Å². The molecule has 0 aliphatic rings. The highest BCUT2D eigenvalue weighted by Crippen LogP contribution is 2.07. The lowest BCUT2D eigenvalue weighted by molar-refractivity contribution is -0.140. The SMILES string of the molecule is COC(=O)CCN(C(=O)c1ccccn1)C(C)C. The van der Waals surface area contributed by atoms with Crippen molar-refractivity contribution >= 4 is 11.9 Å². The molecule has 5 nitrogen and oxygen atoms in total. The molecule has 0 unspecified atom stereocenters. The smallest absolute Gasteiger partial charge is 0.307 e. The van der Waals surface area contributed by atoms with E-state index < -0.39 is 0 Å². The lowest BCUT2D eigenvalue weighted by Crippen LogP contribution is -2.39. The predicted octanol–water partition coefficient (Wildman–Crippen LogP) is 1.50. The largest absolute Gasteiger partial charge is 0.469 e. The van der Waals surface area contributed by atoms with Gasteiger partial charge in [0.25, 0.3) is 5.91 Å². The number of hydrogen-bond acceptors (Lipinski definition) is 4. The highest BCUT2D eigenvalue weighted by Gasteiger charge is 2.20. The summed E-state index contributed by atoms with van der Waals surface area (Å²) in [6.45, 7) is 4.13. The van der Waals surface area contributed by atoms with Crippen LogP contribution in [-0.4, -0.2) is 41.5 Å². The molecule has 1 aromatic rings. The Kier molecular flexibility index (Phi) is 5.30. The van der Waals surface area contributed by atoms with Gasteiger partial charge in [-0.05, 0) is 26.0 Å². The van der Waals surface area contributed by atoms with E-state index in [0.717, 1.165) is 0 Å². The summed E-state index contributed by atoms with van der Waals surface area (Å²) in [5.74, 6) is -0.496.